The number of piperidine rings is 1. The standard InChI is InChI=1S/C19H29FN2O2/c1-14-7-9-22(10-8-14)13-17(23)12-21-19(24)15(2)11-16-5-3-4-6-18(16)20/h3-6,14-15,17,23H,7-13H2,1-2H3,(H,21,24). The van der Waals surface area contributed by atoms with Gasteiger partial charge in [-0.1, -0.05) is 32.0 Å². The third-order valence-corrected chi connectivity index (χ3v) is 4.79. The van der Waals surface area contributed by atoms with Crippen molar-refractivity contribution in [1.82, 2.24) is 10.2 Å². The van der Waals surface area contributed by atoms with Crippen LogP contribution in [-0.2, 0) is 11.2 Å². The van der Waals surface area contributed by atoms with E-state index in [9.17, 15) is 14.3 Å². The minimum atomic E-state index is -0.567. The van der Waals surface area contributed by atoms with Gasteiger partial charge in [0.05, 0.1) is 6.10 Å². The van der Waals surface area contributed by atoms with Gasteiger partial charge in [0.15, 0.2) is 0 Å². The van der Waals surface area contributed by atoms with Crippen LogP contribution in [-0.4, -0.2) is 48.2 Å². The lowest BCUT2D eigenvalue weighted by Gasteiger charge is -2.31. The third-order valence-electron chi connectivity index (χ3n) is 4.79. The summed E-state index contributed by atoms with van der Waals surface area (Å²) in [6, 6.07) is 6.52. The minimum absolute atomic E-state index is 0.149. The van der Waals surface area contributed by atoms with E-state index < -0.39 is 6.10 Å². The molecule has 24 heavy (non-hydrogen) atoms. The lowest BCUT2D eigenvalue weighted by atomic mass is 9.99. The molecule has 1 aromatic carbocycles. The van der Waals surface area contributed by atoms with Crippen LogP contribution in [0.3, 0.4) is 0 Å². The molecule has 0 radical (unpaired) electrons. The van der Waals surface area contributed by atoms with Crippen LogP contribution < -0.4 is 5.32 Å². The van der Waals surface area contributed by atoms with Crippen molar-refractivity contribution in [2.45, 2.75) is 39.2 Å². The number of β-amino-alcohol motifs (C(OH)–C–C–N with tert-alkyl or cyclic N) is 1. The van der Waals surface area contributed by atoms with Crippen molar-refractivity contribution in [3.8, 4) is 0 Å². The quantitative estimate of drug-likeness (QED) is 0.803. The number of amides is 1. The van der Waals surface area contributed by atoms with Crippen molar-refractivity contribution in [3.63, 3.8) is 0 Å². The van der Waals surface area contributed by atoms with E-state index in [2.05, 4.69) is 17.1 Å². The van der Waals surface area contributed by atoms with Gasteiger partial charge in [-0.2, -0.15) is 0 Å². The molecule has 1 fully saturated rings. The maximum Gasteiger partial charge on any atom is 0.223 e. The fraction of sp³-hybridized carbons (Fsp3) is 0.632. The number of hydrogen-bond acceptors (Lipinski definition) is 3. The molecule has 0 aromatic heterocycles. The van der Waals surface area contributed by atoms with Crippen molar-refractivity contribution in [3.05, 3.63) is 35.6 Å². The number of carbonyl (C=O) groups excluding carboxylic acids is 1. The zero-order chi connectivity index (χ0) is 17.5. The molecule has 2 rings (SSSR count). The van der Waals surface area contributed by atoms with Gasteiger partial charge in [0.1, 0.15) is 5.82 Å². The molecule has 4 nitrogen and oxygen atoms in total. The molecule has 134 valence electrons. The Balaban J connectivity index is 1.70. The highest BCUT2D eigenvalue weighted by molar-refractivity contribution is 5.78. The number of aliphatic hydroxyl groups is 1. The third kappa shape index (κ3) is 5.87. The van der Waals surface area contributed by atoms with Crippen LogP contribution in [0.25, 0.3) is 0 Å². The molecule has 2 N–H and O–H groups in total. The largest absolute Gasteiger partial charge is 0.390 e. The molecule has 0 saturated carbocycles. The van der Waals surface area contributed by atoms with Gasteiger partial charge in [0, 0.05) is 19.0 Å². The Morgan fingerprint density at radius 2 is 2.04 bits per heavy atom. The number of aliphatic hydroxyl groups excluding tert-OH is 1. The first-order valence-corrected chi connectivity index (χ1v) is 8.87. The summed E-state index contributed by atoms with van der Waals surface area (Å²) in [6.45, 7) is 6.89. The first-order valence-electron chi connectivity index (χ1n) is 8.87. The molecule has 0 bridgehead atoms. The molecule has 0 spiro atoms. The summed E-state index contributed by atoms with van der Waals surface area (Å²) in [6.07, 6.45) is 2.12. The van der Waals surface area contributed by atoms with E-state index in [1.807, 2.05) is 0 Å². The lowest BCUT2D eigenvalue weighted by molar-refractivity contribution is -0.125. The van der Waals surface area contributed by atoms with E-state index in [0.717, 1.165) is 19.0 Å². The van der Waals surface area contributed by atoms with Crippen molar-refractivity contribution in [2.75, 3.05) is 26.2 Å². The van der Waals surface area contributed by atoms with E-state index in [1.165, 1.54) is 18.9 Å². The van der Waals surface area contributed by atoms with Crippen LogP contribution in [0.2, 0.25) is 0 Å². The predicted octanol–water partition coefficient (Wildman–Crippen LogP) is 2.21. The number of benzene rings is 1. The highest BCUT2D eigenvalue weighted by Gasteiger charge is 2.20. The topological polar surface area (TPSA) is 52.6 Å². The maximum atomic E-state index is 13.6. The van der Waals surface area contributed by atoms with Crippen LogP contribution in [0.15, 0.2) is 24.3 Å². The van der Waals surface area contributed by atoms with Crippen molar-refractivity contribution < 1.29 is 14.3 Å². The summed E-state index contributed by atoms with van der Waals surface area (Å²) in [5, 5.41) is 12.9. The number of likely N-dealkylation sites (tertiary alicyclic amines) is 1. The molecule has 1 heterocycles. The van der Waals surface area contributed by atoms with E-state index in [1.54, 1.807) is 25.1 Å². The van der Waals surface area contributed by atoms with Crippen molar-refractivity contribution >= 4 is 5.91 Å². The van der Waals surface area contributed by atoms with E-state index in [-0.39, 0.29) is 24.2 Å². The van der Waals surface area contributed by atoms with Gasteiger partial charge in [0.25, 0.3) is 0 Å². The van der Waals surface area contributed by atoms with E-state index >= 15 is 0 Å². The second kappa shape index (κ2) is 9.14. The number of halogens is 1. The summed E-state index contributed by atoms with van der Waals surface area (Å²) in [5.74, 6) is 0.00310. The van der Waals surface area contributed by atoms with Crippen LogP contribution in [0.1, 0.15) is 32.3 Å². The molecule has 0 aliphatic carbocycles. The fourth-order valence-electron chi connectivity index (χ4n) is 3.09. The zero-order valence-corrected chi connectivity index (χ0v) is 14.7. The van der Waals surface area contributed by atoms with Crippen LogP contribution in [0, 0.1) is 17.7 Å². The minimum Gasteiger partial charge on any atom is -0.390 e. The van der Waals surface area contributed by atoms with Gasteiger partial charge in [-0.05, 0) is 49.9 Å². The van der Waals surface area contributed by atoms with Crippen molar-refractivity contribution in [1.29, 1.82) is 0 Å². The summed E-state index contributed by atoms with van der Waals surface area (Å²) in [4.78, 5) is 14.4. The molecule has 5 heteroatoms. The Kier molecular flexibility index (Phi) is 7.18. The molecule has 2 unspecified atom stereocenters. The SMILES string of the molecule is CC1CCN(CC(O)CNC(=O)C(C)Cc2ccccc2F)CC1. The predicted molar refractivity (Wildman–Crippen MR) is 93.1 cm³/mol. The average molecular weight is 336 g/mol. The molecule has 1 aliphatic heterocycles. The lowest BCUT2D eigenvalue weighted by Crippen LogP contribution is -2.44. The Morgan fingerprint density at radius 1 is 1.38 bits per heavy atom. The first-order chi connectivity index (χ1) is 11.5. The van der Waals surface area contributed by atoms with Gasteiger partial charge in [0.2, 0.25) is 5.91 Å². The first kappa shape index (κ1) is 18.9. The fourth-order valence-corrected chi connectivity index (χ4v) is 3.09. The number of rotatable bonds is 7. The van der Waals surface area contributed by atoms with Crippen LogP contribution >= 0.6 is 0 Å². The second-order valence-corrected chi connectivity index (χ2v) is 7.08. The zero-order valence-electron chi connectivity index (χ0n) is 14.7. The number of carbonyl (C=O) groups is 1. The van der Waals surface area contributed by atoms with Gasteiger partial charge in [-0.15, -0.1) is 0 Å². The number of nitrogens with zero attached hydrogens (tertiary/aromatic N) is 1. The molecule has 1 aliphatic rings. The van der Waals surface area contributed by atoms with Gasteiger partial charge < -0.3 is 15.3 Å². The summed E-state index contributed by atoms with van der Waals surface area (Å²) >= 11 is 0. The van der Waals surface area contributed by atoms with Crippen molar-refractivity contribution in [2.24, 2.45) is 11.8 Å². The molecular formula is C19H29FN2O2. The normalized spacial score (nSPS) is 19.0. The van der Waals surface area contributed by atoms with Gasteiger partial charge >= 0.3 is 0 Å². The highest BCUT2D eigenvalue weighted by atomic mass is 19.1. The molecule has 1 amide bonds. The summed E-state index contributed by atoms with van der Waals surface area (Å²) in [5.41, 5.74) is 0.545. The summed E-state index contributed by atoms with van der Waals surface area (Å²) < 4.78 is 13.6. The van der Waals surface area contributed by atoms with Gasteiger partial charge in [-0.25, -0.2) is 4.39 Å². The smallest absolute Gasteiger partial charge is 0.223 e. The Labute approximate surface area is 144 Å². The summed E-state index contributed by atoms with van der Waals surface area (Å²) in [7, 11) is 0. The number of hydrogen-bond donors (Lipinski definition) is 2. The molecular weight excluding hydrogens is 307 g/mol. The average Bonchev–Trinajstić information content (AvgIpc) is 2.56. The molecule has 2 atom stereocenters. The van der Waals surface area contributed by atoms with Gasteiger partial charge in [-0.3, -0.25) is 4.79 Å². The Bertz CT molecular complexity index is 530. The monoisotopic (exact) mass is 336 g/mol. The van der Waals surface area contributed by atoms with Crippen LogP contribution in [0.5, 0.6) is 0 Å². The van der Waals surface area contributed by atoms with E-state index in [0.29, 0.717) is 18.5 Å². The Morgan fingerprint density at radius 3 is 2.71 bits per heavy atom. The maximum absolute atomic E-state index is 13.6. The number of nitrogens with one attached hydrogen (secondary N) is 1. The molecule has 1 saturated heterocycles. The highest BCUT2D eigenvalue weighted by Crippen LogP contribution is 2.16. The second-order valence-electron chi connectivity index (χ2n) is 7.08. The Hall–Kier alpha value is -1.46. The molecule has 1 aromatic rings. The van der Waals surface area contributed by atoms with Crippen LogP contribution in [0.4, 0.5) is 4.39 Å². The van der Waals surface area contributed by atoms with E-state index in [4.69, 9.17) is 0 Å².